The summed E-state index contributed by atoms with van der Waals surface area (Å²) >= 11 is 1.17. The lowest BCUT2D eigenvalue weighted by molar-refractivity contribution is -0.140. The topological polar surface area (TPSA) is 33.1 Å². The highest BCUT2D eigenvalue weighted by molar-refractivity contribution is 7.09. The summed E-state index contributed by atoms with van der Waals surface area (Å²) in [5.41, 5.74) is -0.881. The Morgan fingerprint density at radius 3 is 2.53 bits per heavy atom. The van der Waals surface area contributed by atoms with Crippen molar-refractivity contribution in [2.24, 2.45) is 46.8 Å². The van der Waals surface area contributed by atoms with Gasteiger partial charge in [0.15, 0.2) is 5.69 Å². The largest absolute Gasteiger partial charge is 0.434 e. The minimum absolute atomic E-state index is 0.317. The van der Waals surface area contributed by atoms with Gasteiger partial charge in [-0.1, -0.05) is 13.8 Å². The van der Waals surface area contributed by atoms with E-state index in [1.54, 1.807) is 0 Å². The zero-order valence-electron chi connectivity index (χ0n) is 19.6. The van der Waals surface area contributed by atoms with Crippen molar-refractivity contribution in [1.29, 1.82) is 0 Å². The fourth-order valence-electron chi connectivity index (χ4n) is 9.01. The molecule has 0 aliphatic heterocycles. The Morgan fingerprint density at radius 1 is 1.06 bits per heavy atom. The number of rotatable bonds is 3. The van der Waals surface area contributed by atoms with E-state index in [9.17, 15) is 18.3 Å². The van der Waals surface area contributed by atoms with Crippen molar-refractivity contribution in [2.45, 2.75) is 96.8 Å². The highest BCUT2D eigenvalue weighted by atomic mass is 32.1. The molecule has 9 atom stereocenters. The first-order valence-corrected chi connectivity index (χ1v) is 13.6. The van der Waals surface area contributed by atoms with Crippen LogP contribution in [0.1, 0.15) is 89.3 Å². The molecule has 0 radical (unpaired) electrons. The van der Waals surface area contributed by atoms with Gasteiger partial charge >= 0.3 is 6.18 Å². The third kappa shape index (κ3) is 3.95. The second-order valence-corrected chi connectivity index (χ2v) is 13.2. The van der Waals surface area contributed by atoms with Gasteiger partial charge in [-0.2, -0.15) is 13.2 Å². The summed E-state index contributed by atoms with van der Waals surface area (Å²) in [7, 11) is 0. The molecule has 4 aliphatic rings. The molecule has 5 rings (SSSR count). The number of aliphatic hydroxyl groups is 1. The molecule has 180 valence electrons. The molecular formula is C26H38F3NOS. The molecule has 32 heavy (non-hydrogen) atoms. The molecule has 0 unspecified atom stereocenters. The first-order chi connectivity index (χ1) is 15.0. The number of halogens is 3. The summed E-state index contributed by atoms with van der Waals surface area (Å²) < 4.78 is 38.9. The van der Waals surface area contributed by atoms with Crippen LogP contribution in [0.4, 0.5) is 13.2 Å². The zero-order valence-corrected chi connectivity index (χ0v) is 20.4. The highest BCUT2D eigenvalue weighted by Crippen LogP contribution is 2.65. The van der Waals surface area contributed by atoms with Gasteiger partial charge in [-0.05, 0) is 112 Å². The maximum absolute atomic E-state index is 13.0. The predicted octanol–water partition coefficient (Wildman–Crippen LogP) is 7.36. The number of alkyl halides is 3. The summed E-state index contributed by atoms with van der Waals surface area (Å²) in [6, 6.07) is 0. The molecule has 0 amide bonds. The van der Waals surface area contributed by atoms with Gasteiger partial charge in [0.05, 0.1) is 10.6 Å². The summed E-state index contributed by atoms with van der Waals surface area (Å²) in [6.45, 7) is 6.78. The third-order valence-corrected chi connectivity index (χ3v) is 11.2. The SMILES string of the molecule is C[C@@H](Cc1nc(C(F)(F)F)cs1)[C@H]1CC[C@H]2[C@@H]3CC[C@@H]4C[C@](C)(O)CC[C@@H]4[C@H]3CC[C@]12C. The fourth-order valence-corrected chi connectivity index (χ4v) is 9.95. The van der Waals surface area contributed by atoms with E-state index in [-0.39, 0.29) is 0 Å². The second-order valence-electron chi connectivity index (χ2n) is 12.2. The van der Waals surface area contributed by atoms with E-state index in [0.29, 0.717) is 34.6 Å². The number of hydrogen-bond donors (Lipinski definition) is 1. The summed E-state index contributed by atoms with van der Waals surface area (Å²) in [5, 5.41) is 12.4. The molecule has 1 N–H and O–H groups in total. The van der Waals surface area contributed by atoms with Crippen LogP contribution in [0.3, 0.4) is 0 Å². The Labute approximate surface area is 194 Å². The highest BCUT2D eigenvalue weighted by Gasteiger charge is 2.58. The van der Waals surface area contributed by atoms with Gasteiger partial charge in [0, 0.05) is 11.8 Å². The monoisotopic (exact) mass is 469 g/mol. The molecule has 0 aromatic carbocycles. The standard InChI is InChI=1S/C26H38F3NOS/c1-15(12-23-30-22(14-32-23)26(27,28)29)20-6-7-21-19-5-4-16-13-24(2,31)10-8-17(16)18(19)9-11-25(20,21)3/h14-21,31H,4-13H2,1-3H3/t15-,16+,17-,18+,19+,20+,21-,24+,25+/m0/s1. The molecule has 0 spiro atoms. The average molecular weight is 470 g/mol. The van der Waals surface area contributed by atoms with E-state index in [2.05, 4.69) is 18.8 Å². The van der Waals surface area contributed by atoms with E-state index in [1.165, 1.54) is 61.7 Å². The van der Waals surface area contributed by atoms with Gasteiger partial charge in [-0.25, -0.2) is 4.98 Å². The molecule has 1 aromatic heterocycles. The number of hydrogen-bond acceptors (Lipinski definition) is 3. The van der Waals surface area contributed by atoms with Crippen molar-refractivity contribution >= 4 is 11.3 Å². The van der Waals surface area contributed by atoms with E-state index >= 15 is 0 Å². The van der Waals surface area contributed by atoms with Crippen LogP contribution in [0, 0.1) is 46.8 Å². The third-order valence-electron chi connectivity index (χ3n) is 10.3. The van der Waals surface area contributed by atoms with E-state index in [0.717, 1.165) is 36.5 Å². The second kappa shape index (κ2) is 7.96. The minimum Gasteiger partial charge on any atom is -0.390 e. The first-order valence-electron chi connectivity index (χ1n) is 12.7. The van der Waals surface area contributed by atoms with Crippen molar-refractivity contribution in [1.82, 2.24) is 4.98 Å². The molecule has 4 fully saturated rings. The predicted molar refractivity (Wildman–Crippen MR) is 121 cm³/mol. The van der Waals surface area contributed by atoms with E-state index in [1.807, 2.05) is 6.92 Å². The van der Waals surface area contributed by atoms with Crippen LogP contribution in [0.2, 0.25) is 0 Å². The minimum atomic E-state index is -4.34. The molecule has 0 bridgehead atoms. The molecule has 2 nitrogen and oxygen atoms in total. The zero-order chi connectivity index (χ0) is 22.9. The molecule has 0 saturated heterocycles. The lowest BCUT2D eigenvalue weighted by Gasteiger charge is -2.57. The number of fused-ring (bicyclic) bond motifs is 5. The van der Waals surface area contributed by atoms with Gasteiger partial charge in [-0.3, -0.25) is 0 Å². The molecule has 6 heteroatoms. The quantitative estimate of drug-likeness (QED) is 0.502. The summed E-state index contributed by atoms with van der Waals surface area (Å²) in [6.07, 6.45) is 7.10. The Balaban J connectivity index is 1.28. The molecule has 4 saturated carbocycles. The van der Waals surface area contributed by atoms with Crippen molar-refractivity contribution in [3.63, 3.8) is 0 Å². The van der Waals surface area contributed by atoms with Crippen LogP contribution < -0.4 is 0 Å². The Kier molecular flexibility index (Phi) is 5.76. The Morgan fingerprint density at radius 2 is 1.81 bits per heavy atom. The number of nitrogens with zero attached hydrogens (tertiary/aromatic N) is 1. The summed E-state index contributed by atoms with van der Waals surface area (Å²) in [4.78, 5) is 3.92. The maximum Gasteiger partial charge on any atom is 0.434 e. The van der Waals surface area contributed by atoms with Gasteiger partial charge < -0.3 is 5.11 Å². The van der Waals surface area contributed by atoms with Crippen LogP contribution in [-0.2, 0) is 12.6 Å². The average Bonchev–Trinajstić information content (AvgIpc) is 3.30. The van der Waals surface area contributed by atoms with Crippen LogP contribution in [0.15, 0.2) is 5.38 Å². The molecule has 4 aliphatic carbocycles. The lowest BCUT2D eigenvalue weighted by Crippen LogP contribution is -2.50. The maximum atomic E-state index is 13.0. The smallest absolute Gasteiger partial charge is 0.390 e. The van der Waals surface area contributed by atoms with Gasteiger partial charge in [0.25, 0.3) is 0 Å². The van der Waals surface area contributed by atoms with Gasteiger partial charge in [0.2, 0.25) is 0 Å². The van der Waals surface area contributed by atoms with E-state index < -0.39 is 17.5 Å². The normalized spacial score (nSPS) is 45.1. The van der Waals surface area contributed by atoms with Crippen molar-refractivity contribution in [3.05, 3.63) is 16.1 Å². The van der Waals surface area contributed by atoms with Crippen molar-refractivity contribution in [3.8, 4) is 0 Å². The molecule has 1 heterocycles. The Hall–Kier alpha value is -0.620. The lowest BCUT2D eigenvalue weighted by atomic mass is 9.48. The van der Waals surface area contributed by atoms with Crippen molar-refractivity contribution < 1.29 is 18.3 Å². The Bertz CT molecular complexity index is 835. The van der Waals surface area contributed by atoms with E-state index in [4.69, 9.17) is 0 Å². The number of aromatic nitrogens is 1. The first kappa shape index (κ1) is 23.1. The fraction of sp³-hybridized carbons (Fsp3) is 0.885. The van der Waals surface area contributed by atoms with Gasteiger partial charge in [-0.15, -0.1) is 11.3 Å². The van der Waals surface area contributed by atoms with Crippen LogP contribution in [-0.4, -0.2) is 15.7 Å². The van der Waals surface area contributed by atoms with Crippen LogP contribution in [0.5, 0.6) is 0 Å². The van der Waals surface area contributed by atoms with Crippen LogP contribution >= 0.6 is 11.3 Å². The van der Waals surface area contributed by atoms with Crippen molar-refractivity contribution in [2.75, 3.05) is 0 Å². The van der Waals surface area contributed by atoms with Gasteiger partial charge in [0.1, 0.15) is 0 Å². The number of thiazole rings is 1. The molecular weight excluding hydrogens is 431 g/mol. The summed E-state index contributed by atoms with van der Waals surface area (Å²) in [5.74, 6) is 4.85. The van der Waals surface area contributed by atoms with Crippen LogP contribution in [0.25, 0.3) is 0 Å². The molecule has 1 aromatic rings.